The molecule has 3 rings (SSSR count). The van der Waals surface area contributed by atoms with Crippen LogP contribution in [0.15, 0.2) is 26.6 Å². The fourth-order valence-electron chi connectivity index (χ4n) is 3.44. The zero-order valence-corrected chi connectivity index (χ0v) is 35.2. The van der Waals surface area contributed by atoms with Crippen molar-refractivity contribution in [2.75, 3.05) is 43.7 Å². The molecule has 53 heavy (non-hydrogen) atoms. The van der Waals surface area contributed by atoms with Crippen molar-refractivity contribution >= 4 is 69.7 Å². The average Bonchev–Trinajstić information content (AvgIpc) is 3.26. The van der Waals surface area contributed by atoms with Crippen LogP contribution in [0, 0.1) is 5.82 Å². The Bertz CT molecular complexity index is 1820. The van der Waals surface area contributed by atoms with Gasteiger partial charge in [-0.25, -0.2) is 9.18 Å². The third kappa shape index (κ3) is 17.5. The molecule has 0 aliphatic carbocycles. The number of rotatable bonds is 8. The topological polar surface area (TPSA) is 228 Å². The molecule has 5 N–H and O–H groups in total. The lowest BCUT2D eigenvalue weighted by Gasteiger charge is -2.16. The van der Waals surface area contributed by atoms with E-state index in [1.54, 1.807) is 20.1 Å². The van der Waals surface area contributed by atoms with E-state index in [2.05, 4.69) is 50.0 Å². The van der Waals surface area contributed by atoms with Crippen molar-refractivity contribution in [3.05, 3.63) is 54.8 Å². The van der Waals surface area contributed by atoms with Crippen LogP contribution < -0.4 is 21.6 Å². The summed E-state index contributed by atoms with van der Waals surface area (Å²) < 4.78 is 69.6. The van der Waals surface area contributed by atoms with Crippen molar-refractivity contribution in [1.29, 1.82) is 0 Å². The monoisotopic (exact) mass is 901 g/mol. The van der Waals surface area contributed by atoms with Gasteiger partial charge in [-0.2, -0.15) is 22.9 Å². The number of carbonyl (C=O) groups excluding carboxylic acids is 1. The Balaban J connectivity index is 0.000000810. The first kappa shape index (κ1) is 50.3. The highest BCUT2D eigenvalue weighted by Crippen LogP contribution is 2.41. The van der Waals surface area contributed by atoms with E-state index in [4.69, 9.17) is 32.2 Å². The maximum atomic E-state index is 14.3. The number of benzene rings is 1. The van der Waals surface area contributed by atoms with Gasteiger partial charge in [0.1, 0.15) is 24.8 Å². The summed E-state index contributed by atoms with van der Waals surface area (Å²) in [5.74, 6) is 2.67. The van der Waals surface area contributed by atoms with E-state index in [-0.39, 0.29) is 32.8 Å². The highest BCUT2D eigenvalue weighted by Gasteiger charge is 2.39. The van der Waals surface area contributed by atoms with Crippen LogP contribution in [0.4, 0.5) is 17.6 Å². The summed E-state index contributed by atoms with van der Waals surface area (Å²) in [5, 5.41) is 21.7. The fraction of sp³-hybridized carbons (Fsp3) is 0.517. The molecule has 0 bridgehead atoms. The Morgan fingerprint density at radius 3 is 2.13 bits per heavy atom. The summed E-state index contributed by atoms with van der Waals surface area (Å²) in [7, 11) is -2.63. The molecule has 0 saturated carbocycles. The lowest BCUT2D eigenvalue weighted by molar-refractivity contribution is -0.193. The predicted molar refractivity (Wildman–Crippen MR) is 199 cm³/mol. The van der Waals surface area contributed by atoms with Crippen LogP contribution >= 0.6 is 46.9 Å². The molecule has 1 atom stereocenters. The second-order valence-corrected chi connectivity index (χ2v) is 18.2. The summed E-state index contributed by atoms with van der Waals surface area (Å²) >= 11 is 9.96. The normalized spacial score (nSPS) is 12.5. The van der Waals surface area contributed by atoms with Gasteiger partial charge < -0.3 is 30.0 Å². The number of aryl methyl sites for hydroxylation is 1. The summed E-state index contributed by atoms with van der Waals surface area (Å²) in [4.78, 5) is 51.5. The second-order valence-electron chi connectivity index (χ2n) is 12.2. The highest BCUT2D eigenvalue weighted by atomic mass is 79.9. The molecule has 0 aliphatic rings. The molecule has 300 valence electrons. The van der Waals surface area contributed by atoms with E-state index >= 15 is 0 Å². The first-order valence-corrected chi connectivity index (χ1v) is 21.3. The Hall–Kier alpha value is -2.72. The van der Waals surface area contributed by atoms with Crippen LogP contribution in [0.2, 0.25) is 5.02 Å². The van der Waals surface area contributed by atoms with Gasteiger partial charge in [0.25, 0.3) is 5.56 Å². The first-order valence-electron chi connectivity index (χ1n) is 14.7. The summed E-state index contributed by atoms with van der Waals surface area (Å²) in [6.45, 7) is 8.45. The summed E-state index contributed by atoms with van der Waals surface area (Å²) in [5.41, 5.74) is -2.08. The van der Waals surface area contributed by atoms with Crippen molar-refractivity contribution in [1.82, 2.24) is 30.0 Å². The number of thioether (sulfide) groups is 1. The maximum absolute atomic E-state index is 14.3. The third-order valence-electron chi connectivity index (χ3n) is 5.48. The molecular formula is C29H42BrClF4N7O8PS2. The fourth-order valence-corrected chi connectivity index (χ4v) is 5.24. The van der Waals surface area contributed by atoms with Crippen LogP contribution in [0.3, 0.4) is 0 Å². The number of hydrogen-bond donors (Lipinski definition) is 4. The third-order valence-corrected chi connectivity index (χ3v) is 7.81. The van der Waals surface area contributed by atoms with Gasteiger partial charge in [0.05, 0.1) is 52.8 Å². The number of nitrogens with one attached hydrogen (secondary N) is 1. The number of carbonyl (C=O) groups is 2. The first-order chi connectivity index (χ1) is 24.0. The number of ether oxygens (including phenoxy) is 1. The number of nitrogen functional groups attached to an aromatic ring is 1. The van der Waals surface area contributed by atoms with Crippen LogP contribution in [-0.4, -0.2) is 90.6 Å². The predicted octanol–water partition coefficient (Wildman–Crippen LogP) is 4.26. The number of carboxylic acid groups (broad SMARTS) is 1. The Morgan fingerprint density at radius 1 is 1.21 bits per heavy atom. The van der Waals surface area contributed by atoms with Gasteiger partial charge in [0.2, 0.25) is 5.16 Å². The zero-order valence-electron chi connectivity index (χ0n) is 30.3. The van der Waals surface area contributed by atoms with Crippen LogP contribution in [0.5, 0.6) is 0 Å². The van der Waals surface area contributed by atoms with Crippen molar-refractivity contribution in [3.8, 4) is 11.3 Å². The molecule has 1 aromatic carbocycles. The number of esters is 1. The van der Waals surface area contributed by atoms with Gasteiger partial charge >= 0.3 is 18.1 Å². The van der Waals surface area contributed by atoms with Crippen LogP contribution in [-0.2, 0) is 43.6 Å². The highest BCUT2D eigenvalue weighted by molar-refractivity contribution is 9.10. The quantitative estimate of drug-likeness (QED) is 0.0619. The van der Waals surface area contributed by atoms with Gasteiger partial charge in [-0.1, -0.05) is 44.1 Å². The molecule has 0 spiro atoms. The summed E-state index contributed by atoms with van der Waals surface area (Å²) in [6.07, 6.45) is 2.53. The van der Waals surface area contributed by atoms with Crippen molar-refractivity contribution in [2.45, 2.75) is 57.5 Å². The van der Waals surface area contributed by atoms with Crippen molar-refractivity contribution in [2.24, 2.45) is 7.05 Å². The van der Waals surface area contributed by atoms with Gasteiger partial charge in [0, 0.05) is 18.0 Å². The maximum Gasteiger partial charge on any atom is 0.434 e. The van der Waals surface area contributed by atoms with Gasteiger partial charge in [-0.15, -0.1) is 10.2 Å². The van der Waals surface area contributed by atoms with Crippen LogP contribution in [0.25, 0.3) is 11.3 Å². The SMILES string of the molecule is CC(C)OC(=O)c1cc(-c2nn(C)c(C(F)(F)F)c2Br)c(F)cc1Cl.CSc1nnc(C(C)(C)C)c(=O)n1N.C[S+](C)C.O=C(O)CNCP(=O)([O-])O. The molecule has 3 aromatic rings. The lowest BCUT2D eigenvalue weighted by Crippen LogP contribution is -2.37. The molecule has 0 fully saturated rings. The number of aromatic nitrogens is 5. The van der Waals surface area contributed by atoms with E-state index in [0.717, 1.165) is 23.9 Å². The van der Waals surface area contributed by atoms with E-state index in [1.165, 1.54) is 11.8 Å². The van der Waals surface area contributed by atoms with Crippen molar-refractivity contribution < 1.29 is 51.3 Å². The Morgan fingerprint density at radius 2 is 1.74 bits per heavy atom. The largest absolute Gasteiger partial charge is 0.778 e. The minimum absolute atomic E-state index is 0.169. The number of carboxylic acids is 1. The molecule has 15 nitrogen and oxygen atoms in total. The Kier molecular flexibility index (Phi) is 20.3. The van der Waals surface area contributed by atoms with E-state index in [0.29, 0.717) is 26.4 Å². The standard InChI is InChI=1S/C15H12BrClF4N2O2.C8H14N4OS.C3H8NO5P.C3H9S/c1-6(2)25-14(24)7-4-8(10(18)5-9(7)17)12-11(16)13(15(19,20)21)23(3)22-12;1-8(2,3)5-6(13)12(9)7(14-4)11-10-5;5-3(6)1-4-2-10(7,8)9;1-4(2)3/h4-6H,1-3H3;9H2,1-4H3;4H,1-2H2,(H,5,6)(H2,7,8,9);1-3H3/q;;;+1/p-1. The average molecular weight is 903 g/mol. The van der Waals surface area contributed by atoms with E-state index < -0.39 is 60.6 Å². The minimum atomic E-state index is -4.69. The number of hydrogen-bond acceptors (Lipinski definition) is 12. The molecule has 0 amide bonds. The number of alkyl halides is 3. The number of aliphatic carboxylic acids is 1. The molecule has 1 unspecified atom stereocenters. The van der Waals surface area contributed by atoms with Gasteiger partial charge in [-0.05, 0) is 59.1 Å². The number of halogens is 6. The molecule has 24 heteroatoms. The van der Waals surface area contributed by atoms with E-state index in [9.17, 15) is 41.4 Å². The van der Waals surface area contributed by atoms with Gasteiger partial charge in [-0.3, -0.25) is 19.6 Å². The van der Waals surface area contributed by atoms with Crippen molar-refractivity contribution in [3.63, 3.8) is 0 Å². The summed E-state index contributed by atoms with van der Waals surface area (Å²) in [6, 6.07) is 1.86. The molecule has 2 heterocycles. The number of nitrogens with zero attached hydrogens (tertiary/aromatic N) is 5. The van der Waals surface area contributed by atoms with E-state index in [1.807, 2.05) is 26.1 Å². The zero-order chi connectivity index (χ0) is 41.8. The molecule has 0 aliphatic heterocycles. The Labute approximate surface area is 324 Å². The smallest absolute Gasteiger partial charge is 0.434 e. The van der Waals surface area contributed by atoms with Crippen LogP contribution in [0.1, 0.15) is 56.4 Å². The molecule has 0 saturated heterocycles. The lowest BCUT2D eigenvalue weighted by atomic mass is 9.93. The van der Waals surface area contributed by atoms with Gasteiger partial charge in [0.15, 0.2) is 5.69 Å². The molecule has 0 radical (unpaired) electrons. The minimum Gasteiger partial charge on any atom is -0.778 e. The molecular weight excluding hydrogens is 861 g/mol. The second kappa shape index (κ2) is 21.4. The number of nitrogens with two attached hydrogens (primary N) is 1. The molecule has 2 aromatic heterocycles.